The van der Waals surface area contributed by atoms with Crippen LogP contribution in [0, 0.1) is 0 Å². The van der Waals surface area contributed by atoms with Crippen LogP contribution in [0.25, 0.3) is 0 Å². The summed E-state index contributed by atoms with van der Waals surface area (Å²) in [6.45, 7) is 0. The molecule has 1 rings (SSSR count). The average Bonchev–Trinajstić information content (AvgIpc) is 2.52. The number of rotatable bonds is 12. The van der Waals surface area contributed by atoms with Gasteiger partial charge >= 0.3 is 0 Å². The molecule has 0 amide bonds. The normalized spacial score (nSPS) is 14.8. The minimum absolute atomic E-state index is 0.433. The van der Waals surface area contributed by atoms with Crippen LogP contribution in [-0.2, 0) is 14.3 Å². The van der Waals surface area contributed by atoms with Crippen LogP contribution in [0.2, 0.25) is 0 Å². The van der Waals surface area contributed by atoms with E-state index in [2.05, 4.69) is 12.6 Å². The first-order valence-electron chi connectivity index (χ1n) is 8.35. The van der Waals surface area contributed by atoms with E-state index in [1.807, 2.05) is 0 Å². The fraction of sp³-hybridized carbons (Fsp3) is 0.667. The Morgan fingerprint density at radius 1 is 0.818 bits per heavy atom. The molecule has 0 aliphatic heterocycles. The van der Waals surface area contributed by atoms with Gasteiger partial charge in [-0.05, 0) is 36.7 Å². The number of carbonyl (C=O) groups excluding carboxylic acids is 2. The van der Waals surface area contributed by atoms with Crippen LogP contribution in [0.3, 0.4) is 0 Å². The molecule has 0 radical (unpaired) electrons. The van der Waals surface area contributed by atoms with Crippen molar-refractivity contribution in [2.24, 2.45) is 0 Å². The number of hydrogen-bond acceptors (Lipinski definition) is 4. The van der Waals surface area contributed by atoms with Crippen molar-refractivity contribution in [2.75, 3.05) is 12.9 Å². The molecule has 0 spiro atoms. The van der Waals surface area contributed by atoms with Crippen LogP contribution in [0.5, 0.6) is 0 Å². The van der Waals surface area contributed by atoms with E-state index >= 15 is 0 Å². The number of ketones is 2. The minimum Gasteiger partial charge on any atom is -0.496 e. The lowest BCUT2D eigenvalue weighted by molar-refractivity contribution is -0.131. The molecule has 1 aliphatic carbocycles. The molecule has 3 nitrogen and oxygen atoms in total. The van der Waals surface area contributed by atoms with E-state index in [0.29, 0.717) is 5.76 Å². The summed E-state index contributed by atoms with van der Waals surface area (Å²) in [5.41, 5.74) is 0.860. The maximum atomic E-state index is 11.4. The molecule has 0 saturated heterocycles. The largest absolute Gasteiger partial charge is 0.496 e. The van der Waals surface area contributed by atoms with Crippen molar-refractivity contribution in [1.29, 1.82) is 0 Å². The SMILES string of the molecule is COC1=CC(=O)C(=O)C=C1CCCCCCCCCCCS. The molecule has 0 aromatic heterocycles. The van der Waals surface area contributed by atoms with E-state index in [1.165, 1.54) is 64.2 Å². The first-order valence-corrected chi connectivity index (χ1v) is 8.98. The van der Waals surface area contributed by atoms with Gasteiger partial charge in [0.1, 0.15) is 5.76 Å². The molecule has 0 saturated carbocycles. The second-order valence-corrected chi connectivity index (χ2v) is 6.21. The second kappa shape index (κ2) is 11.5. The van der Waals surface area contributed by atoms with Gasteiger partial charge in [0.05, 0.1) is 7.11 Å². The quantitative estimate of drug-likeness (QED) is 0.250. The Hall–Kier alpha value is -1.03. The van der Waals surface area contributed by atoms with Crippen molar-refractivity contribution in [1.82, 2.24) is 0 Å². The monoisotopic (exact) mass is 324 g/mol. The zero-order valence-electron chi connectivity index (χ0n) is 13.6. The predicted octanol–water partition coefficient (Wildman–Crippen LogP) is 4.43. The van der Waals surface area contributed by atoms with Crippen LogP contribution >= 0.6 is 12.6 Å². The molecular weight excluding hydrogens is 296 g/mol. The summed E-state index contributed by atoms with van der Waals surface area (Å²) in [7, 11) is 1.54. The highest BCUT2D eigenvalue weighted by atomic mass is 32.1. The van der Waals surface area contributed by atoms with E-state index in [9.17, 15) is 9.59 Å². The highest BCUT2D eigenvalue weighted by Gasteiger charge is 2.20. The van der Waals surface area contributed by atoms with Gasteiger partial charge in [-0.15, -0.1) is 0 Å². The average molecular weight is 324 g/mol. The Bertz CT molecular complexity index is 424. The summed E-state index contributed by atoms with van der Waals surface area (Å²) in [5, 5.41) is 0. The lowest BCUT2D eigenvalue weighted by Crippen LogP contribution is -2.15. The zero-order valence-corrected chi connectivity index (χ0v) is 14.5. The van der Waals surface area contributed by atoms with Crippen molar-refractivity contribution in [2.45, 2.75) is 64.2 Å². The van der Waals surface area contributed by atoms with Gasteiger partial charge in [-0.25, -0.2) is 0 Å². The summed E-state index contributed by atoms with van der Waals surface area (Å²) in [6.07, 6.45) is 14.8. The standard InChI is InChI=1S/C18H28O3S/c1-21-18-14-17(20)16(19)13-15(18)11-9-7-5-3-2-4-6-8-10-12-22/h13-14,22H,2-12H2,1H3. The Kier molecular flexibility index (Phi) is 9.96. The highest BCUT2D eigenvalue weighted by molar-refractivity contribution is 7.80. The van der Waals surface area contributed by atoms with Crippen LogP contribution in [0.4, 0.5) is 0 Å². The molecule has 0 N–H and O–H groups in total. The minimum atomic E-state index is -0.487. The molecular formula is C18H28O3S. The molecule has 0 bridgehead atoms. The van der Waals surface area contributed by atoms with E-state index in [-0.39, 0.29) is 0 Å². The third-order valence-corrected chi connectivity index (χ3v) is 4.27. The molecule has 0 aromatic carbocycles. The maximum absolute atomic E-state index is 11.4. The number of unbranched alkanes of at least 4 members (excludes halogenated alkanes) is 8. The summed E-state index contributed by atoms with van der Waals surface area (Å²) >= 11 is 4.21. The van der Waals surface area contributed by atoms with Crippen LogP contribution in [0.1, 0.15) is 64.2 Å². The van der Waals surface area contributed by atoms with E-state index in [1.54, 1.807) is 0 Å². The zero-order chi connectivity index (χ0) is 16.2. The van der Waals surface area contributed by atoms with E-state index < -0.39 is 11.6 Å². The maximum Gasteiger partial charge on any atom is 0.229 e. The van der Waals surface area contributed by atoms with Crippen molar-refractivity contribution in [3.63, 3.8) is 0 Å². The Morgan fingerprint density at radius 3 is 1.86 bits per heavy atom. The first kappa shape index (κ1) is 19.0. The summed E-state index contributed by atoms with van der Waals surface area (Å²) in [4.78, 5) is 22.7. The van der Waals surface area contributed by atoms with Crippen molar-refractivity contribution >= 4 is 24.2 Å². The van der Waals surface area contributed by atoms with Gasteiger partial charge in [-0.1, -0.05) is 44.9 Å². The Balaban J connectivity index is 2.09. The lowest BCUT2D eigenvalue weighted by Gasteiger charge is -2.13. The molecule has 0 heterocycles. The molecule has 1 aliphatic rings. The lowest BCUT2D eigenvalue weighted by atomic mass is 9.97. The molecule has 4 heteroatoms. The summed E-state index contributed by atoms with van der Waals surface area (Å²) in [5.74, 6) is 0.631. The number of thiol groups is 1. The van der Waals surface area contributed by atoms with Gasteiger partial charge in [-0.2, -0.15) is 12.6 Å². The van der Waals surface area contributed by atoms with Crippen molar-refractivity contribution in [3.8, 4) is 0 Å². The third kappa shape index (κ3) is 7.30. The first-order chi connectivity index (χ1) is 10.7. The van der Waals surface area contributed by atoms with E-state index in [0.717, 1.165) is 30.6 Å². The van der Waals surface area contributed by atoms with Gasteiger partial charge in [0.25, 0.3) is 0 Å². The number of allylic oxidation sites excluding steroid dienone is 3. The van der Waals surface area contributed by atoms with Gasteiger partial charge < -0.3 is 4.74 Å². The molecule has 0 fully saturated rings. The highest BCUT2D eigenvalue weighted by Crippen LogP contribution is 2.22. The fourth-order valence-electron chi connectivity index (χ4n) is 2.63. The van der Waals surface area contributed by atoms with Crippen LogP contribution in [0.15, 0.2) is 23.5 Å². The summed E-state index contributed by atoms with van der Waals surface area (Å²) < 4.78 is 5.18. The van der Waals surface area contributed by atoms with Gasteiger partial charge in [-0.3, -0.25) is 9.59 Å². The van der Waals surface area contributed by atoms with Gasteiger partial charge in [0, 0.05) is 6.08 Å². The fourth-order valence-corrected chi connectivity index (χ4v) is 2.86. The predicted molar refractivity (Wildman–Crippen MR) is 93.2 cm³/mol. The number of ether oxygens (including phenoxy) is 1. The smallest absolute Gasteiger partial charge is 0.229 e. The van der Waals surface area contributed by atoms with Crippen LogP contribution in [-0.4, -0.2) is 24.4 Å². The number of methoxy groups -OCH3 is 1. The van der Waals surface area contributed by atoms with Gasteiger partial charge in [0.15, 0.2) is 0 Å². The molecule has 124 valence electrons. The molecule has 0 aromatic rings. The van der Waals surface area contributed by atoms with Crippen molar-refractivity contribution < 1.29 is 14.3 Å². The van der Waals surface area contributed by atoms with E-state index in [4.69, 9.17) is 4.74 Å². The molecule has 0 atom stereocenters. The topological polar surface area (TPSA) is 43.4 Å². The van der Waals surface area contributed by atoms with Gasteiger partial charge in [0.2, 0.25) is 11.6 Å². The third-order valence-electron chi connectivity index (χ3n) is 3.95. The molecule has 0 unspecified atom stereocenters. The number of hydrogen-bond donors (Lipinski definition) is 1. The van der Waals surface area contributed by atoms with Crippen molar-refractivity contribution in [3.05, 3.63) is 23.5 Å². The Labute approximate surface area is 139 Å². The van der Waals surface area contributed by atoms with Crippen LogP contribution < -0.4 is 0 Å². The summed E-state index contributed by atoms with van der Waals surface area (Å²) in [6, 6.07) is 0. The number of carbonyl (C=O) groups is 2. The molecule has 22 heavy (non-hydrogen) atoms. The second-order valence-electron chi connectivity index (χ2n) is 5.77. The Morgan fingerprint density at radius 2 is 1.32 bits per heavy atom.